The molecule has 2 N–H and O–H groups in total. The molecule has 0 radical (unpaired) electrons. The monoisotopic (exact) mass is 245 g/mol. The van der Waals surface area contributed by atoms with E-state index in [-0.39, 0.29) is 17.3 Å². The molecule has 1 aromatic heterocycles. The van der Waals surface area contributed by atoms with E-state index in [1.807, 2.05) is 0 Å². The number of rotatable bonds is 3. The highest BCUT2D eigenvalue weighted by Gasteiger charge is 2.16. The third-order valence-corrected chi connectivity index (χ3v) is 2.27. The molecule has 0 aliphatic carbocycles. The Labute approximate surface area is 103 Å². The molecule has 92 valence electrons. The second kappa shape index (κ2) is 4.70. The second-order valence-corrected chi connectivity index (χ2v) is 3.73. The molecule has 2 rings (SSSR count). The quantitative estimate of drug-likeness (QED) is 0.663. The Morgan fingerprint density at radius 3 is 2.78 bits per heavy atom. The summed E-state index contributed by atoms with van der Waals surface area (Å²) in [7, 11) is 0. The zero-order chi connectivity index (χ0) is 13.1. The van der Waals surface area contributed by atoms with Crippen LogP contribution in [0.1, 0.15) is 5.56 Å². The van der Waals surface area contributed by atoms with E-state index < -0.39 is 4.92 Å². The summed E-state index contributed by atoms with van der Waals surface area (Å²) in [4.78, 5) is 14.3. The van der Waals surface area contributed by atoms with Crippen LogP contribution >= 0.6 is 0 Å². The van der Waals surface area contributed by atoms with Gasteiger partial charge in [0.1, 0.15) is 5.82 Å². The first-order valence-corrected chi connectivity index (χ1v) is 5.21. The molecule has 18 heavy (non-hydrogen) atoms. The molecule has 0 spiro atoms. The molecule has 0 aliphatic heterocycles. The second-order valence-electron chi connectivity index (χ2n) is 3.73. The summed E-state index contributed by atoms with van der Waals surface area (Å²) in [5, 5.41) is 10.9. The number of aryl methyl sites for hydroxylation is 1. The molecular weight excluding hydrogens is 234 g/mol. The first kappa shape index (κ1) is 11.8. The van der Waals surface area contributed by atoms with Gasteiger partial charge in [0.25, 0.3) is 0 Å². The van der Waals surface area contributed by atoms with Crippen molar-refractivity contribution in [3.05, 3.63) is 52.1 Å². The fourth-order valence-electron chi connectivity index (χ4n) is 1.46. The third-order valence-electron chi connectivity index (χ3n) is 2.27. The minimum absolute atomic E-state index is 0.0979. The number of nitrogens with zero attached hydrogens (tertiary/aromatic N) is 2. The van der Waals surface area contributed by atoms with E-state index in [0.717, 1.165) is 5.56 Å². The number of ether oxygens (including phenoxy) is 1. The maximum absolute atomic E-state index is 10.9. The number of nitrogens with two attached hydrogens (primary N) is 1. The largest absolute Gasteiger partial charge is 0.432 e. The number of benzene rings is 1. The van der Waals surface area contributed by atoms with Crippen LogP contribution in [0.2, 0.25) is 0 Å². The van der Waals surface area contributed by atoms with Crippen molar-refractivity contribution in [3.8, 4) is 11.6 Å². The Hall–Kier alpha value is -2.63. The summed E-state index contributed by atoms with van der Waals surface area (Å²) in [6.45, 7) is 1.77. The van der Waals surface area contributed by atoms with Crippen LogP contribution in [0, 0.1) is 17.0 Å². The molecule has 0 amide bonds. The topological polar surface area (TPSA) is 91.3 Å². The van der Waals surface area contributed by atoms with Gasteiger partial charge in [0.2, 0.25) is 11.6 Å². The number of anilines is 1. The van der Waals surface area contributed by atoms with Crippen molar-refractivity contribution >= 4 is 11.5 Å². The predicted octanol–water partition coefficient (Wildman–Crippen LogP) is 2.67. The average molecular weight is 245 g/mol. The van der Waals surface area contributed by atoms with Crippen LogP contribution in [0.15, 0.2) is 36.4 Å². The van der Waals surface area contributed by atoms with E-state index in [1.165, 1.54) is 6.07 Å². The fraction of sp³-hybridized carbons (Fsp3) is 0.0833. The first-order valence-electron chi connectivity index (χ1n) is 5.21. The predicted molar refractivity (Wildman–Crippen MR) is 66.6 cm³/mol. The molecule has 6 nitrogen and oxygen atoms in total. The molecule has 0 saturated carbocycles. The van der Waals surface area contributed by atoms with Crippen LogP contribution in [-0.4, -0.2) is 9.91 Å². The lowest BCUT2D eigenvalue weighted by molar-refractivity contribution is -0.385. The van der Waals surface area contributed by atoms with Crippen molar-refractivity contribution in [2.45, 2.75) is 6.92 Å². The molecule has 6 heteroatoms. The average Bonchev–Trinajstić information content (AvgIpc) is 2.31. The van der Waals surface area contributed by atoms with Gasteiger partial charge in [-0.05, 0) is 24.6 Å². The van der Waals surface area contributed by atoms with E-state index in [0.29, 0.717) is 5.82 Å². The molecule has 1 aromatic carbocycles. The molecule has 0 atom stereocenters. The number of hydrogen-bond acceptors (Lipinski definition) is 5. The Bertz CT molecular complexity index is 599. The lowest BCUT2D eigenvalue weighted by atomic mass is 10.2. The smallest absolute Gasteiger partial charge is 0.311 e. The van der Waals surface area contributed by atoms with Gasteiger partial charge in [-0.2, -0.15) is 4.98 Å². The molecule has 0 saturated heterocycles. The van der Waals surface area contributed by atoms with E-state index in [2.05, 4.69) is 4.98 Å². The van der Waals surface area contributed by atoms with E-state index in [4.69, 9.17) is 10.5 Å². The maximum atomic E-state index is 10.9. The number of nitrogen functional groups attached to an aromatic ring is 1. The molecule has 1 heterocycles. The van der Waals surface area contributed by atoms with Crippen molar-refractivity contribution in [3.63, 3.8) is 0 Å². The highest BCUT2D eigenvalue weighted by Crippen LogP contribution is 2.31. The van der Waals surface area contributed by atoms with Gasteiger partial charge in [-0.1, -0.05) is 12.1 Å². The minimum atomic E-state index is -0.491. The van der Waals surface area contributed by atoms with Gasteiger partial charge in [-0.15, -0.1) is 0 Å². The zero-order valence-electron chi connectivity index (χ0n) is 9.66. The minimum Gasteiger partial charge on any atom is -0.432 e. The lowest BCUT2D eigenvalue weighted by Crippen LogP contribution is -1.96. The normalized spacial score (nSPS) is 10.1. The van der Waals surface area contributed by atoms with Gasteiger partial charge in [0.15, 0.2) is 0 Å². The molecule has 0 bridgehead atoms. The van der Waals surface area contributed by atoms with Crippen LogP contribution in [0.25, 0.3) is 0 Å². The van der Waals surface area contributed by atoms with Crippen LogP contribution < -0.4 is 10.5 Å². The zero-order valence-corrected chi connectivity index (χ0v) is 9.66. The number of aromatic nitrogens is 1. The Morgan fingerprint density at radius 1 is 1.33 bits per heavy atom. The maximum Gasteiger partial charge on any atom is 0.311 e. The number of nitro benzene ring substituents is 1. The SMILES string of the molecule is Cc1ccc(Oc2cccc(N)n2)c([N+](=O)[O-])c1. The summed E-state index contributed by atoms with van der Waals surface area (Å²) < 4.78 is 5.37. The Morgan fingerprint density at radius 2 is 2.11 bits per heavy atom. The summed E-state index contributed by atoms with van der Waals surface area (Å²) >= 11 is 0. The Balaban J connectivity index is 2.37. The standard InChI is InChI=1S/C12H11N3O3/c1-8-5-6-10(9(7-8)15(16)17)18-12-4-2-3-11(13)14-12/h2-7H,1H3,(H2,13,14). The van der Waals surface area contributed by atoms with E-state index >= 15 is 0 Å². The number of hydrogen-bond donors (Lipinski definition) is 1. The van der Waals surface area contributed by atoms with Crippen molar-refractivity contribution < 1.29 is 9.66 Å². The van der Waals surface area contributed by atoms with Gasteiger partial charge in [0.05, 0.1) is 4.92 Å². The van der Waals surface area contributed by atoms with Crippen molar-refractivity contribution in [2.75, 3.05) is 5.73 Å². The van der Waals surface area contributed by atoms with E-state index in [1.54, 1.807) is 37.3 Å². The molecule has 0 fully saturated rings. The fourth-order valence-corrected chi connectivity index (χ4v) is 1.46. The van der Waals surface area contributed by atoms with Gasteiger partial charge in [-0.3, -0.25) is 10.1 Å². The van der Waals surface area contributed by atoms with Gasteiger partial charge >= 0.3 is 5.69 Å². The summed E-state index contributed by atoms with van der Waals surface area (Å²) in [6, 6.07) is 9.57. The molecular formula is C12H11N3O3. The van der Waals surface area contributed by atoms with Crippen LogP contribution in [0.5, 0.6) is 11.6 Å². The number of nitro groups is 1. The number of pyridine rings is 1. The molecule has 0 unspecified atom stereocenters. The van der Waals surface area contributed by atoms with Gasteiger partial charge in [-0.25, -0.2) is 0 Å². The van der Waals surface area contributed by atoms with Crippen LogP contribution in [0.4, 0.5) is 11.5 Å². The van der Waals surface area contributed by atoms with Crippen molar-refractivity contribution in [2.24, 2.45) is 0 Å². The third kappa shape index (κ3) is 2.54. The summed E-state index contributed by atoms with van der Waals surface area (Å²) in [5.41, 5.74) is 6.20. The highest BCUT2D eigenvalue weighted by molar-refractivity contribution is 5.50. The Kier molecular flexibility index (Phi) is 3.09. The lowest BCUT2D eigenvalue weighted by Gasteiger charge is -2.06. The van der Waals surface area contributed by atoms with Crippen molar-refractivity contribution in [1.29, 1.82) is 0 Å². The highest BCUT2D eigenvalue weighted by atomic mass is 16.6. The summed E-state index contributed by atoms with van der Waals surface area (Å²) in [5.74, 6) is 0.660. The van der Waals surface area contributed by atoms with Crippen molar-refractivity contribution in [1.82, 2.24) is 4.98 Å². The van der Waals surface area contributed by atoms with Crippen LogP contribution in [-0.2, 0) is 0 Å². The van der Waals surface area contributed by atoms with Crippen LogP contribution in [0.3, 0.4) is 0 Å². The first-order chi connectivity index (χ1) is 8.56. The van der Waals surface area contributed by atoms with Gasteiger partial charge in [0, 0.05) is 12.1 Å². The molecule has 0 aliphatic rings. The molecule has 2 aromatic rings. The van der Waals surface area contributed by atoms with Gasteiger partial charge < -0.3 is 10.5 Å². The van der Waals surface area contributed by atoms with E-state index in [9.17, 15) is 10.1 Å². The summed E-state index contributed by atoms with van der Waals surface area (Å²) in [6.07, 6.45) is 0.